The lowest BCUT2D eigenvalue weighted by Gasteiger charge is -2.29. The van der Waals surface area contributed by atoms with Crippen molar-refractivity contribution < 1.29 is 18.0 Å². The molecule has 38 heavy (non-hydrogen) atoms. The van der Waals surface area contributed by atoms with Gasteiger partial charge in [0, 0.05) is 59.4 Å². The van der Waals surface area contributed by atoms with E-state index < -0.39 is 28.0 Å². The third kappa shape index (κ3) is 6.00. The van der Waals surface area contributed by atoms with E-state index in [1.165, 1.54) is 15.6 Å². The lowest BCUT2D eigenvalue weighted by molar-refractivity contribution is 0.0894. The molecule has 10 nitrogen and oxygen atoms in total. The number of aromatic amines is 1. The number of nitrogens with zero attached hydrogens (tertiary/aromatic N) is 3. The normalized spacial score (nSPS) is 20.3. The molecule has 206 valence electrons. The van der Waals surface area contributed by atoms with Crippen molar-refractivity contribution in [3.05, 3.63) is 50.6 Å². The maximum absolute atomic E-state index is 13.2. The second kappa shape index (κ2) is 11.1. The number of thiazole rings is 1. The molecule has 1 aromatic carbocycles. The van der Waals surface area contributed by atoms with Crippen LogP contribution < -0.4 is 10.6 Å². The van der Waals surface area contributed by atoms with Crippen molar-refractivity contribution in [1.29, 1.82) is 0 Å². The predicted molar refractivity (Wildman–Crippen MR) is 151 cm³/mol. The Balaban J connectivity index is 0.00000336. The second-order valence-corrected chi connectivity index (χ2v) is 13.4. The van der Waals surface area contributed by atoms with Crippen LogP contribution in [0.1, 0.15) is 44.7 Å². The average molecular weight is 602 g/mol. The highest BCUT2D eigenvalue weighted by molar-refractivity contribution is 7.88. The third-order valence-electron chi connectivity index (χ3n) is 6.90. The zero-order chi connectivity index (χ0) is 26.5. The Morgan fingerprint density at radius 1 is 1.16 bits per heavy atom. The van der Waals surface area contributed by atoms with Gasteiger partial charge in [-0.05, 0) is 38.1 Å². The number of hydrogen-bond acceptors (Lipinski definition) is 7. The molecular formula is C24H30Cl2N6O4S2. The number of carbonyl (C=O) groups excluding carboxylic acids is 2. The maximum atomic E-state index is 13.2. The van der Waals surface area contributed by atoms with Crippen LogP contribution >= 0.6 is 35.3 Å². The molecule has 1 saturated heterocycles. The molecule has 1 fully saturated rings. The molecule has 0 bridgehead atoms. The fraction of sp³-hybridized carbons (Fsp3) is 0.458. The summed E-state index contributed by atoms with van der Waals surface area (Å²) in [4.78, 5) is 37.3. The molecule has 14 heteroatoms. The molecule has 0 spiro atoms. The van der Waals surface area contributed by atoms with E-state index in [2.05, 4.69) is 39.3 Å². The lowest BCUT2D eigenvalue weighted by Crippen LogP contribution is -2.51. The molecule has 0 saturated carbocycles. The maximum Gasteiger partial charge on any atom is 0.280 e. The number of aromatic nitrogens is 2. The van der Waals surface area contributed by atoms with E-state index in [1.807, 2.05) is 0 Å². The number of nitrogens with one attached hydrogen (secondary N) is 3. The standard InChI is InChI=1S/C24H29ClN6O4S2.ClH/c1-13(2)30-7-6-17-21(12-30)36-24(29-17)23(33)28-20-11-31(37(3,34)35)10-19(20)27-22(32)18-9-14-8-15(25)4-5-16(14)26-18;/h4-5,8-9,13,19-20,26H,6-7,10-12H2,1-3H3,(H,27,32)(H,28,33);1H/t19-,20-;/m1./s1. The Morgan fingerprint density at radius 3 is 2.50 bits per heavy atom. The second-order valence-electron chi connectivity index (χ2n) is 9.86. The zero-order valence-electron chi connectivity index (χ0n) is 21.2. The Labute approximate surface area is 236 Å². The van der Waals surface area contributed by atoms with Crippen molar-refractivity contribution in [3.8, 4) is 0 Å². The van der Waals surface area contributed by atoms with E-state index >= 15 is 0 Å². The van der Waals surface area contributed by atoms with E-state index in [9.17, 15) is 18.0 Å². The molecule has 5 rings (SSSR count). The van der Waals surface area contributed by atoms with Gasteiger partial charge in [0.2, 0.25) is 10.0 Å². The summed E-state index contributed by atoms with van der Waals surface area (Å²) in [6.45, 7) is 6.07. The van der Waals surface area contributed by atoms with E-state index in [0.29, 0.717) is 21.8 Å². The Bertz CT molecular complexity index is 1470. The summed E-state index contributed by atoms with van der Waals surface area (Å²) >= 11 is 7.42. The van der Waals surface area contributed by atoms with Crippen LogP contribution in [0.4, 0.5) is 0 Å². The van der Waals surface area contributed by atoms with Crippen molar-refractivity contribution in [1.82, 2.24) is 29.8 Å². The van der Waals surface area contributed by atoms with Crippen LogP contribution in [-0.2, 0) is 23.0 Å². The van der Waals surface area contributed by atoms with Gasteiger partial charge < -0.3 is 15.6 Å². The van der Waals surface area contributed by atoms with Gasteiger partial charge in [-0.25, -0.2) is 13.4 Å². The quantitative estimate of drug-likeness (QED) is 0.399. The highest BCUT2D eigenvalue weighted by Crippen LogP contribution is 2.27. The highest BCUT2D eigenvalue weighted by Gasteiger charge is 2.39. The SMILES string of the molecule is CC(C)N1CCc2nc(C(=O)N[C@@H]3CN(S(C)(=O)=O)C[C@H]3NC(=O)c3cc4cc(Cl)ccc4[nH]3)sc2C1.Cl. The van der Waals surface area contributed by atoms with Gasteiger partial charge in [-0.15, -0.1) is 23.7 Å². The molecule has 3 N–H and O–H groups in total. The van der Waals surface area contributed by atoms with Gasteiger partial charge in [0.25, 0.3) is 11.8 Å². The summed E-state index contributed by atoms with van der Waals surface area (Å²) in [6.07, 6.45) is 1.91. The summed E-state index contributed by atoms with van der Waals surface area (Å²) in [5.41, 5.74) is 2.02. The van der Waals surface area contributed by atoms with E-state index in [1.54, 1.807) is 24.3 Å². The molecule has 2 amide bonds. The first kappa shape index (κ1) is 28.8. The average Bonchev–Trinajstić information content (AvgIpc) is 3.54. The van der Waals surface area contributed by atoms with Gasteiger partial charge in [0.05, 0.1) is 24.0 Å². The van der Waals surface area contributed by atoms with Crippen molar-refractivity contribution in [3.63, 3.8) is 0 Å². The number of rotatable bonds is 6. The van der Waals surface area contributed by atoms with Gasteiger partial charge in [-0.3, -0.25) is 14.5 Å². The molecule has 2 atom stereocenters. The van der Waals surface area contributed by atoms with Crippen LogP contribution in [0, 0.1) is 0 Å². The molecule has 2 aliphatic rings. The van der Waals surface area contributed by atoms with Crippen molar-refractivity contribution in [2.45, 2.75) is 44.9 Å². The molecular weight excluding hydrogens is 571 g/mol. The van der Waals surface area contributed by atoms with Gasteiger partial charge in [-0.2, -0.15) is 4.31 Å². The first-order valence-electron chi connectivity index (χ1n) is 12.1. The Hall–Kier alpha value is -2.22. The van der Waals surface area contributed by atoms with E-state index in [4.69, 9.17) is 11.6 Å². The van der Waals surface area contributed by atoms with Gasteiger partial charge in [0.1, 0.15) is 5.69 Å². The zero-order valence-corrected chi connectivity index (χ0v) is 24.4. The number of fused-ring (bicyclic) bond motifs is 2. The van der Waals surface area contributed by atoms with Gasteiger partial charge in [-0.1, -0.05) is 11.6 Å². The van der Waals surface area contributed by atoms with Crippen LogP contribution in [0.15, 0.2) is 24.3 Å². The summed E-state index contributed by atoms with van der Waals surface area (Å²) < 4.78 is 25.8. The predicted octanol–water partition coefficient (Wildman–Crippen LogP) is 2.64. The molecule has 3 aromatic rings. The minimum atomic E-state index is -3.52. The van der Waals surface area contributed by atoms with E-state index in [0.717, 1.165) is 47.2 Å². The van der Waals surface area contributed by atoms with Crippen molar-refractivity contribution in [2.75, 3.05) is 25.9 Å². The van der Waals surface area contributed by atoms with Crippen LogP contribution in [0.5, 0.6) is 0 Å². The number of halogens is 2. The van der Waals surface area contributed by atoms with Crippen LogP contribution in [0.3, 0.4) is 0 Å². The molecule has 0 radical (unpaired) electrons. The molecule has 0 unspecified atom stereocenters. The fourth-order valence-corrected chi connectivity index (χ4v) is 6.87. The lowest BCUT2D eigenvalue weighted by atomic mass is 10.1. The number of hydrogen-bond donors (Lipinski definition) is 3. The highest BCUT2D eigenvalue weighted by atomic mass is 35.5. The minimum Gasteiger partial charge on any atom is -0.351 e. The summed E-state index contributed by atoms with van der Waals surface area (Å²) in [5.74, 6) is -0.763. The number of H-pyrrole nitrogens is 1. The van der Waals surface area contributed by atoms with Gasteiger partial charge >= 0.3 is 0 Å². The number of amides is 2. The number of sulfonamides is 1. The van der Waals surface area contributed by atoms with Gasteiger partial charge in [0.15, 0.2) is 5.01 Å². The monoisotopic (exact) mass is 600 g/mol. The third-order valence-corrected chi connectivity index (χ3v) is 9.45. The molecule has 4 heterocycles. The Kier molecular flexibility index (Phi) is 8.41. The summed E-state index contributed by atoms with van der Waals surface area (Å²) in [5, 5.41) is 7.52. The number of carbonyl (C=O) groups is 2. The van der Waals surface area contributed by atoms with Crippen LogP contribution in [0.25, 0.3) is 10.9 Å². The summed E-state index contributed by atoms with van der Waals surface area (Å²) in [6, 6.07) is 6.13. The number of benzene rings is 1. The molecule has 0 aliphatic carbocycles. The van der Waals surface area contributed by atoms with Crippen LogP contribution in [0.2, 0.25) is 5.02 Å². The fourth-order valence-electron chi connectivity index (χ4n) is 4.79. The first-order valence-corrected chi connectivity index (χ1v) is 15.1. The smallest absolute Gasteiger partial charge is 0.280 e. The van der Waals surface area contributed by atoms with Crippen LogP contribution in [-0.4, -0.2) is 83.4 Å². The van der Waals surface area contributed by atoms with E-state index in [-0.39, 0.29) is 31.4 Å². The van der Waals surface area contributed by atoms with Crippen molar-refractivity contribution in [2.24, 2.45) is 0 Å². The van der Waals surface area contributed by atoms with Crippen molar-refractivity contribution >= 4 is 68.1 Å². The Morgan fingerprint density at radius 2 is 1.84 bits per heavy atom. The molecule has 2 aromatic heterocycles. The minimum absolute atomic E-state index is 0. The largest absolute Gasteiger partial charge is 0.351 e. The first-order chi connectivity index (χ1) is 17.5. The summed E-state index contributed by atoms with van der Waals surface area (Å²) in [7, 11) is -3.52. The topological polar surface area (TPSA) is 128 Å². The molecule has 2 aliphatic heterocycles.